The monoisotopic (exact) mass is 333 g/mol. The van der Waals surface area contributed by atoms with Gasteiger partial charge in [0.1, 0.15) is 6.61 Å². The third-order valence-electron chi connectivity index (χ3n) is 3.61. The fourth-order valence-electron chi connectivity index (χ4n) is 2.53. The van der Waals surface area contributed by atoms with E-state index in [0.29, 0.717) is 6.54 Å². The molecule has 1 N–H and O–H groups in total. The molecule has 0 bridgehead atoms. The molecule has 0 atom stereocenters. The fraction of sp³-hybridized carbons (Fsp3) is 0.294. The van der Waals surface area contributed by atoms with Crippen molar-refractivity contribution in [2.75, 3.05) is 34.9 Å². The van der Waals surface area contributed by atoms with Gasteiger partial charge in [0.2, 0.25) is 0 Å². The zero-order valence-corrected chi connectivity index (χ0v) is 13.6. The highest BCUT2D eigenvalue weighted by atomic mass is 32.2. The van der Waals surface area contributed by atoms with Crippen molar-refractivity contribution in [1.29, 1.82) is 0 Å². The number of nitrogens with zero attached hydrogens (tertiary/aromatic N) is 2. The van der Waals surface area contributed by atoms with Crippen molar-refractivity contribution >= 4 is 29.2 Å². The van der Waals surface area contributed by atoms with Crippen LogP contribution >= 0.6 is 12.1 Å². The van der Waals surface area contributed by atoms with Gasteiger partial charge >= 0.3 is 0 Å². The standard InChI is InChI=1S/C17H20FN3OS/c18-22-14-12-19-11-6-13-20-16-9-4-5-10-17(16)21(23-20)15-7-2-1-3-8-15/h1-5,7-10,19H,6,11-14H2. The van der Waals surface area contributed by atoms with Crippen molar-refractivity contribution in [3.63, 3.8) is 0 Å². The van der Waals surface area contributed by atoms with Gasteiger partial charge in [-0.05, 0) is 41.8 Å². The summed E-state index contributed by atoms with van der Waals surface area (Å²) in [5.41, 5.74) is 3.61. The molecule has 1 aliphatic rings. The summed E-state index contributed by atoms with van der Waals surface area (Å²) in [7, 11) is 0. The first-order chi connectivity index (χ1) is 11.4. The molecule has 1 heterocycles. The molecule has 0 amide bonds. The van der Waals surface area contributed by atoms with Crippen molar-refractivity contribution < 1.29 is 9.47 Å². The second-order valence-electron chi connectivity index (χ2n) is 5.22. The quantitative estimate of drug-likeness (QED) is 0.580. The molecule has 122 valence electrons. The number of hydrogen-bond acceptors (Lipinski definition) is 5. The summed E-state index contributed by atoms with van der Waals surface area (Å²) in [5.74, 6) is 0. The van der Waals surface area contributed by atoms with Gasteiger partial charge < -0.3 is 5.32 Å². The first-order valence-electron chi connectivity index (χ1n) is 7.74. The van der Waals surface area contributed by atoms with Gasteiger partial charge in [-0.15, -0.1) is 0 Å². The summed E-state index contributed by atoms with van der Waals surface area (Å²) in [6.07, 6.45) is 0.982. The van der Waals surface area contributed by atoms with E-state index in [1.807, 2.05) is 6.07 Å². The SMILES string of the molecule is FOCCNCCCN1SN(c2ccccc2)c2ccccc21. The summed E-state index contributed by atoms with van der Waals surface area (Å²) in [5, 5.41) is 3.16. The summed E-state index contributed by atoms with van der Waals surface area (Å²) in [6, 6.07) is 18.8. The van der Waals surface area contributed by atoms with Gasteiger partial charge in [-0.25, -0.2) is 0 Å². The van der Waals surface area contributed by atoms with Gasteiger partial charge in [0, 0.05) is 13.1 Å². The Balaban J connectivity index is 1.62. The van der Waals surface area contributed by atoms with E-state index in [0.717, 1.165) is 19.5 Å². The molecule has 3 rings (SSSR count). The Bertz CT molecular complexity index is 614. The topological polar surface area (TPSA) is 27.7 Å². The maximum atomic E-state index is 11.6. The highest BCUT2D eigenvalue weighted by Crippen LogP contribution is 2.48. The van der Waals surface area contributed by atoms with E-state index in [2.05, 4.69) is 67.4 Å². The first-order valence-corrected chi connectivity index (χ1v) is 8.47. The number of anilines is 3. The molecule has 0 fully saturated rings. The second-order valence-corrected chi connectivity index (χ2v) is 6.19. The molecule has 0 aromatic heterocycles. The number of nitrogens with one attached hydrogen (secondary N) is 1. The number of hydrogen-bond donors (Lipinski definition) is 1. The van der Waals surface area contributed by atoms with Crippen LogP contribution in [0.4, 0.5) is 21.6 Å². The maximum absolute atomic E-state index is 11.6. The van der Waals surface area contributed by atoms with Crippen LogP contribution in [0.15, 0.2) is 54.6 Å². The van der Waals surface area contributed by atoms with Gasteiger partial charge in [-0.1, -0.05) is 30.3 Å². The Kier molecular flexibility index (Phi) is 5.74. The summed E-state index contributed by atoms with van der Waals surface area (Å²) in [4.78, 5) is 3.55. The molecule has 0 aliphatic carbocycles. The third-order valence-corrected chi connectivity index (χ3v) is 4.76. The van der Waals surface area contributed by atoms with Crippen LogP contribution in [0.2, 0.25) is 0 Å². The molecule has 2 aromatic carbocycles. The van der Waals surface area contributed by atoms with E-state index < -0.39 is 0 Å². The largest absolute Gasteiger partial charge is 0.314 e. The van der Waals surface area contributed by atoms with Crippen molar-refractivity contribution in [2.24, 2.45) is 0 Å². The maximum Gasteiger partial charge on any atom is 0.100 e. The number of halogens is 1. The zero-order valence-electron chi connectivity index (χ0n) is 12.8. The molecule has 4 nitrogen and oxygen atoms in total. The second kappa shape index (κ2) is 8.19. The molecule has 0 radical (unpaired) electrons. The average molecular weight is 333 g/mol. The fourth-order valence-corrected chi connectivity index (χ4v) is 3.64. The third kappa shape index (κ3) is 3.96. The van der Waals surface area contributed by atoms with Crippen LogP contribution in [0.3, 0.4) is 0 Å². The van der Waals surface area contributed by atoms with Crippen LogP contribution in [0.1, 0.15) is 6.42 Å². The molecule has 1 aliphatic heterocycles. The average Bonchev–Trinajstić information content (AvgIpc) is 2.98. The van der Waals surface area contributed by atoms with Gasteiger partial charge in [-0.3, -0.25) is 8.61 Å². The Hall–Kier alpha value is -1.76. The Labute approximate surface area is 140 Å². The van der Waals surface area contributed by atoms with Crippen LogP contribution < -0.4 is 13.9 Å². The molecule has 0 spiro atoms. The van der Waals surface area contributed by atoms with Crippen molar-refractivity contribution in [3.05, 3.63) is 54.6 Å². The zero-order chi connectivity index (χ0) is 15.9. The number of benzene rings is 2. The number of rotatable bonds is 8. The van der Waals surface area contributed by atoms with Gasteiger partial charge in [0.05, 0.1) is 29.2 Å². The molecular formula is C17H20FN3OS. The van der Waals surface area contributed by atoms with Crippen LogP contribution in [0.25, 0.3) is 0 Å². The van der Waals surface area contributed by atoms with E-state index >= 15 is 0 Å². The van der Waals surface area contributed by atoms with Crippen LogP contribution in [-0.2, 0) is 4.94 Å². The predicted octanol–water partition coefficient (Wildman–Crippen LogP) is 4.09. The van der Waals surface area contributed by atoms with Gasteiger partial charge in [0.25, 0.3) is 0 Å². The lowest BCUT2D eigenvalue weighted by Gasteiger charge is -2.19. The molecule has 6 heteroatoms. The lowest BCUT2D eigenvalue weighted by molar-refractivity contribution is -0.129. The minimum absolute atomic E-state index is 0.100. The van der Waals surface area contributed by atoms with Crippen molar-refractivity contribution in [2.45, 2.75) is 6.42 Å². The minimum Gasteiger partial charge on any atom is -0.314 e. The highest BCUT2D eigenvalue weighted by molar-refractivity contribution is 8.02. The van der Waals surface area contributed by atoms with Gasteiger partial charge in [0.15, 0.2) is 0 Å². The smallest absolute Gasteiger partial charge is 0.100 e. The molecule has 0 saturated carbocycles. The first kappa shape index (κ1) is 16.1. The Morgan fingerprint density at radius 2 is 1.70 bits per heavy atom. The van der Waals surface area contributed by atoms with E-state index in [1.165, 1.54) is 17.1 Å². The lowest BCUT2D eigenvalue weighted by Crippen LogP contribution is -2.24. The van der Waals surface area contributed by atoms with E-state index in [-0.39, 0.29) is 6.61 Å². The molecule has 0 saturated heterocycles. The normalized spacial score (nSPS) is 13.4. The number of para-hydroxylation sites is 3. The van der Waals surface area contributed by atoms with E-state index in [1.54, 1.807) is 12.1 Å². The summed E-state index contributed by atoms with van der Waals surface area (Å²) in [6.45, 7) is 2.40. The molecule has 23 heavy (non-hydrogen) atoms. The molecule has 2 aromatic rings. The number of fused-ring (bicyclic) bond motifs is 1. The van der Waals surface area contributed by atoms with E-state index in [9.17, 15) is 4.53 Å². The predicted molar refractivity (Wildman–Crippen MR) is 94.5 cm³/mol. The Morgan fingerprint density at radius 1 is 0.957 bits per heavy atom. The molecule has 0 unspecified atom stereocenters. The van der Waals surface area contributed by atoms with Gasteiger partial charge in [-0.2, -0.15) is 4.94 Å². The summed E-state index contributed by atoms with van der Waals surface area (Å²) < 4.78 is 16.1. The van der Waals surface area contributed by atoms with Crippen LogP contribution in [0, 0.1) is 0 Å². The van der Waals surface area contributed by atoms with Crippen molar-refractivity contribution in [3.8, 4) is 0 Å². The van der Waals surface area contributed by atoms with Crippen molar-refractivity contribution in [1.82, 2.24) is 5.32 Å². The highest BCUT2D eigenvalue weighted by Gasteiger charge is 2.27. The lowest BCUT2D eigenvalue weighted by atomic mass is 10.2. The molecular weight excluding hydrogens is 313 g/mol. The van der Waals surface area contributed by atoms with Crippen LogP contribution in [-0.4, -0.2) is 26.2 Å². The van der Waals surface area contributed by atoms with E-state index in [4.69, 9.17) is 0 Å². The minimum atomic E-state index is 0.100. The Morgan fingerprint density at radius 3 is 2.48 bits per heavy atom. The summed E-state index contributed by atoms with van der Waals surface area (Å²) >= 11 is 1.72. The van der Waals surface area contributed by atoms with Crippen LogP contribution in [0.5, 0.6) is 0 Å².